The highest BCUT2D eigenvalue weighted by Gasteiger charge is 2.45. The van der Waals surface area contributed by atoms with E-state index in [4.69, 9.17) is 13.9 Å². The summed E-state index contributed by atoms with van der Waals surface area (Å²) in [6.07, 6.45) is 5.81. The van der Waals surface area contributed by atoms with Crippen molar-refractivity contribution in [2.45, 2.75) is 64.0 Å². The topological polar surface area (TPSA) is 60.6 Å². The molecule has 1 unspecified atom stereocenters. The highest BCUT2D eigenvalue weighted by Crippen LogP contribution is 2.52. The van der Waals surface area contributed by atoms with Crippen LogP contribution < -0.4 is 9.47 Å². The maximum Gasteiger partial charge on any atom is 0.230 e. The van der Waals surface area contributed by atoms with E-state index in [1.54, 1.807) is 0 Å². The summed E-state index contributed by atoms with van der Waals surface area (Å²) in [5, 5.41) is 8.39. The number of benzene rings is 1. The van der Waals surface area contributed by atoms with Crippen molar-refractivity contribution in [1.82, 2.24) is 15.1 Å². The van der Waals surface area contributed by atoms with Crippen LogP contribution in [-0.4, -0.2) is 34.9 Å². The average Bonchev–Trinajstić information content (AvgIpc) is 3.35. The van der Waals surface area contributed by atoms with Crippen LogP contribution in [0.4, 0.5) is 0 Å². The van der Waals surface area contributed by atoms with Gasteiger partial charge in [0, 0.05) is 24.4 Å². The fourth-order valence-corrected chi connectivity index (χ4v) is 5.06. The molecule has 1 aromatic carbocycles. The fraction of sp³-hybridized carbons (Fsp3) is 0.619. The summed E-state index contributed by atoms with van der Waals surface area (Å²) < 4.78 is 17.6. The molecule has 1 fully saturated rings. The van der Waals surface area contributed by atoms with Gasteiger partial charge >= 0.3 is 0 Å². The third-order valence-corrected chi connectivity index (χ3v) is 6.50. The van der Waals surface area contributed by atoms with Crippen LogP contribution in [0.5, 0.6) is 11.5 Å². The summed E-state index contributed by atoms with van der Waals surface area (Å²) >= 11 is 0. The van der Waals surface area contributed by atoms with Gasteiger partial charge in [0.25, 0.3) is 0 Å². The Morgan fingerprint density at radius 1 is 1.07 bits per heavy atom. The monoisotopic (exact) mass is 369 g/mol. The second-order valence-corrected chi connectivity index (χ2v) is 8.09. The Balaban J connectivity index is 1.53. The molecule has 1 spiro atoms. The molecule has 0 amide bonds. The molecule has 1 saturated carbocycles. The highest BCUT2D eigenvalue weighted by atomic mass is 16.6. The maximum atomic E-state index is 5.89. The third-order valence-electron chi connectivity index (χ3n) is 6.50. The predicted octanol–water partition coefficient (Wildman–Crippen LogP) is 3.79. The number of hydrogen-bond acceptors (Lipinski definition) is 6. The lowest BCUT2D eigenvalue weighted by Gasteiger charge is -2.46. The van der Waals surface area contributed by atoms with E-state index < -0.39 is 0 Å². The van der Waals surface area contributed by atoms with Gasteiger partial charge in [0.2, 0.25) is 11.8 Å². The van der Waals surface area contributed by atoms with Gasteiger partial charge in [-0.05, 0) is 43.0 Å². The van der Waals surface area contributed by atoms with Crippen LogP contribution in [0.15, 0.2) is 16.5 Å². The van der Waals surface area contributed by atoms with Crippen molar-refractivity contribution in [1.29, 1.82) is 0 Å². The predicted molar refractivity (Wildman–Crippen MR) is 100 cm³/mol. The van der Waals surface area contributed by atoms with Crippen molar-refractivity contribution in [3.8, 4) is 11.5 Å². The summed E-state index contributed by atoms with van der Waals surface area (Å²) in [7, 11) is 0. The number of nitrogens with zero attached hydrogens (tertiary/aromatic N) is 3. The lowest BCUT2D eigenvalue weighted by molar-refractivity contribution is 0.114. The molecule has 1 aliphatic carbocycles. The van der Waals surface area contributed by atoms with E-state index in [-0.39, 0.29) is 11.5 Å². The summed E-state index contributed by atoms with van der Waals surface area (Å²) in [4.78, 5) is 2.50. The molecule has 2 aromatic rings. The molecule has 144 valence electrons. The molecule has 6 heteroatoms. The minimum absolute atomic E-state index is 0.200. The van der Waals surface area contributed by atoms with Crippen LogP contribution in [0, 0.1) is 0 Å². The van der Waals surface area contributed by atoms with E-state index in [0.29, 0.717) is 31.5 Å². The van der Waals surface area contributed by atoms with Crippen LogP contribution in [0.3, 0.4) is 0 Å². The first kappa shape index (κ1) is 17.0. The van der Waals surface area contributed by atoms with Crippen LogP contribution >= 0.6 is 0 Å². The number of aromatic nitrogens is 2. The van der Waals surface area contributed by atoms with E-state index >= 15 is 0 Å². The fourth-order valence-electron chi connectivity index (χ4n) is 5.06. The summed E-state index contributed by atoms with van der Waals surface area (Å²) in [5.74, 6) is 3.22. The van der Waals surface area contributed by atoms with Gasteiger partial charge < -0.3 is 13.9 Å². The van der Waals surface area contributed by atoms with Crippen LogP contribution in [0.25, 0.3) is 0 Å². The van der Waals surface area contributed by atoms with Gasteiger partial charge in [-0.25, -0.2) is 0 Å². The Kier molecular flexibility index (Phi) is 4.11. The Morgan fingerprint density at radius 2 is 1.78 bits per heavy atom. The maximum absolute atomic E-state index is 5.89. The molecule has 3 heterocycles. The SMILES string of the molecule is CCc1nnc(CN2CC3(CCCC3)c3cc4c(cc3C2C)OCCO4)o1. The van der Waals surface area contributed by atoms with Gasteiger partial charge in [-0.3, -0.25) is 4.90 Å². The third kappa shape index (κ3) is 2.81. The molecular formula is C21H27N3O3. The van der Waals surface area contributed by atoms with E-state index in [9.17, 15) is 0 Å². The molecule has 0 radical (unpaired) electrons. The van der Waals surface area contributed by atoms with Gasteiger partial charge in [-0.2, -0.15) is 0 Å². The van der Waals surface area contributed by atoms with E-state index in [2.05, 4.69) is 34.2 Å². The Morgan fingerprint density at radius 3 is 2.48 bits per heavy atom. The molecule has 2 aliphatic heterocycles. The molecule has 5 rings (SSSR count). The van der Waals surface area contributed by atoms with E-state index in [1.807, 2.05) is 6.92 Å². The second-order valence-electron chi connectivity index (χ2n) is 8.09. The molecule has 27 heavy (non-hydrogen) atoms. The first-order valence-electron chi connectivity index (χ1n) is 10.2. The zero-order chi connectivity index (χ0) is 18.4. The molecular weight excluding hydrogens is 342 g/mol. The first-order chi connectivity index (χ1) is 13.2. The van der Waals surface area contributed by atoms with Crippen LogP contribution in [0.1, 0.15) is 68.5 Å². The lowest BCUT2D eigenvalue weighted by atomic mass is 9.71. The number of hydrogen-bond donors (Lipinski definition) is 0. The van der Waals surface area contributed by atoms with E-state index in [1.165, 1.54) is 36.8 Å². The van der Waals surface area contributed by atoms with E-state index in [0.717, 1.165) is 24.5 Å². The minimum atomic E-state index is 0.200. The van der Waals surface area contributed by atoms with Gasteiger partial charge in [-0.1, -0.05) is 19.8 Å². The van der Waals surface area contributed by atoms with Crippen LogP contribution in [-0.2, 0) is 18.4 Å². The number of rotatable bonds is 3. The molecule has 1 atom stereocenters. The lowest BCUT2D eigenvalue weighted by Crippen LogP contribution is -2.45. The zero-order valence-electron chi connectivity index (χ0n) is 16.2. The summed E-state index contributed by atoms with van der Waals surface area (Å²) in [6, 6.07) is 4.76. The largest absolute Gasteiger partial charge is 0.486 e. The van der Waals surface area contributed by atoms with Crippen LogP contribution in [0.2, 0.25) is 0 Å². The standard InChI is InChI=1S/C21H27N3O3/c1-3-19-22-23-20(27-19)12-24-13-21(6-4-5-7-21)16-11-18-17(25-8-9-26-18)10-15(16)14(24)2/h10-11,14H,3-9,12-13H2,1-2H3. The Bertz CT molecular complexity index is 841. The number of ether oxygens (including phenoxy) is 2. The molecule has 6 nitrogen and oxygen atoms in total. The molecule has 1 aromatic heterocycles. The molecule has 0 N–H and O–H groups in total. The Hall–Kier alpha value is -2.08. The van der Waals surface area contributed by atoms with Crippen molar-refractivity contribution in [3.05, 3.63) is 35.0 Å². The normalized spacial score (nSPS) is 23.6. The molecule has 0 bridgehead atoms. The van der Waals surface area contributed by atoms with Crippen molar-refractivity contribution in [2.75, 3.05) is 19.8 Å². The summed E-state index contributed by atoms with van der Waals surface area (Å²) in [6.45, 7) is 7.30. The van der Waals surface area contributed by atoms with Gasteiger partial charge in [0.15, 0.2) is 11.5 Å². The highest BCUT2D eigenvalue weighted by molar-refractivity contribution is 5.53. The number of fused-ring (bicyclic) bond motifs is 3. The van der Waals surface area contributed by atoms with Gasteiger partial charge in [0.1, 0.15) is 13.2 Å². The van der Waals surface area contributed by atoms with Crippen molar-refractivity contribution in [3.63, 3.8) is 0 Å². The van der Waals surface area contributed by atoms with Gasteiger partial charge in [0.05, 0.1) is 6.54 Å². The van der Waals surface area contributed by atoms with Crippen molar-refractivity contribution in [2.24, 2.45) is 0 Å². The first-order valence-corrected chi connectivity index (χ1v) is 10.2. The second kappa shape index (κ2) is 6.51. The number of aryl methyl sites for hydroxylation is 1. The molecule has 0 saturated heterocycles. The molecule has 3 aliphatic rings. The average molecular weight is 369 g/mol. The summed E-state index contributed by atoms with van der Waals surface area (Å²) in [5.41, 5.74) is 3.03. The van der Waals surface area contributed by atoms with Crippen molar-refractivity contribution < 1.29 is 13.9 Å². The minimum Gasteiger partial charge on any atom is -0.486 e. The van der Waals surface area contributed by atoms with Crippen molar-refractivity contribution >= 4 is 0 Å². The van der Waals surface area contributed by atoms with Gasteiger partial charge in [-0.15, -0.1) is 10.2 Å². The Labute approximate surface area is 159 Å². The quantitative estimate of drug-likeness (QED) is 0.820. The zero-order valence-corrected chi connectivity index (χ0v) is 16.2. The smallest absolute Gasteiger partial charge is 0.230 e.